The predicted octanol–water partition coefficient (Wildman–Crippen LogP) is 1.24. The highest BCUT2D eigenvalue weighted by Gasteiger charge is 2.14. The number of imidazole rings is 1. The van der Waals surface area contributed by atoms with E-state index in [1.54, 1.807) is 13.4 Å². The van der Waals surface area contributed by atoms with Gasteiger partial charge >= 0.3 is 5.69 Å². The monoisotopic (exact) mass is 335 g/mol. The maximum Gasteiger partial charge on any atom is 0.332 e. The maximum absolute atomic E-state index is 12.4. The molecule has 1 unspecified atom stereocenters. The third-order valence-corrected chi connectivity index (χ3v) is 4.48. The van der Waals surface area contributed by atoms with E-state index in [2.05, 4.69) is 31.1 Å². The van der Waals surface area contributed by atoms with E-state index in [1.807, 2.05) is 4.57 Å². The predicted molar refractivity (Wildman–Crippen MR) is 96.4 cm³/mol. The maximum atomic E-state index is 12.4. The molecule has 134 valence electrons. The van der Waals surface area contributed by atoms with E-state index in [9.17, 15) is 9.59 Å². The Morgan fingerprint density at radius 3 is 2.50 bits per heavy atom. The first kappa shape index (κ1) is 18.4. The molecule has 0 fully saturated rings. The van der Waals surface area contributed by atoms with Gasteiger partial charge in [0.2, 0.25) is 0 Å². The van der Waals surface area contributed by atoms with Crippen LogP contribution in [0.2, 0.25) is 0 Å². The van der Waals surface area contributed by atoms with Crippen LogP contribution in [0.4, 0.5) is 0 Å². The highest BCUT2D eigenvalue weighted by Crippen LogP contribution is 2.08. The average molecular weight is 335 g/mol. The van der Waals surface area contributed by atoms with E-state index in [0.29, 0.717) is 23.8 Å². The van der Waals surface area contributed by atoms with Crippen molar-refractivity contribution >= 4 is 11.2 Å². The fourth-order valence-corrected chi connectivity index (χ4v) is 2.93. The lowest BCUT2D eigenvalue weighted by Gasteiger charge is -2.15. The first-order valence-electron chi connectivity index (χ1n) is 8.67. The van der Waals surface area contributed by atoms with Crippen molar-refractivity contribution in [3.8, 4) is 0 Å². The van der Waals surface area contributed by atoms with Crippen LogP contribution in [0.1, 0.15) is 40.0 Å². The Morgan fingerprint density at radius 1 is 1.12 bits per heavy atom. The van der Waals surface area contributed by atoms with Crippen LogP contribution in [0.15, 0.2) is 15.9 Å². The van der Waals surface area contributed by atoms with Crippen molar-refractivity contribution in [2.45, 2.75) is 52.6 Å². The van der Waals surface area contributed by atoms with Crippen molar-refractivity contribution in [1.82, 2.24) is 24.0 Å². The summed E-state index contributed by atoms with van der Waals surface area (Å²) in [6, 6.07) is 0.450. The van der Waals surface area contributed by atoms with Crippen molar-refractivity contribution in [3.05, 3.63) is 27.2 Å². The van der Waals surface area contributed by atoms with E-state index in [1.165, 1.54) is 24.5 Å². The summed E-state index contributed by atoms with van der Waals surface area (Å²) in [7, 11) is 3.13. The van der Waals surface area contributed by atoms with Gasteiger partial charge in [-0.05, 0) is 19.3 Å². The molecule has 2 aromatic heterocycles. The molecular weight excluding hydrogens is 306 g/mol. The number of nitrogens with zero attached hydrogens (tertiary/aromatic N) is 4. The number of fused-ring (bicyclic) bond motifs is 1. The lowest BCUT2D eigenvalue weighted by atomic mass is 10.0. The van der Waals surface area contributed by atoms with Crippen LogP contribution in [0.25, 0.3) is 11.2 Å². The largest absolute Gasteiger partial charge is 0.332 e. The van der Waals surface area contributed by atoms with Gasteiger partial charge in [0.25, 0.3) is 5.56 Å². The Balaban J connectivity index is 2.02. The number of hydrogen-bond donors (Lipinski definition) is 1. The van der Waals surface area contributed by atoms with E-state index in [4.69, 9.17) is 0 Å². The number of aromatic nitrogens is 4. The van der Waals surface area contributed by atoms with Gasteiger partial charge in [0.1, 0.15) is 0 Å². The van der Waals surface area contributed by atoms with Crippen LogP contribution < -0.4 is 16.6 Å². The van der Waals surface area contributed by atoms with Crippen LogP contribution >= 0.6 is 0 Å². The Morgan fingerprint density at radius 2 is 1.83 bits per heavy atom. The lowest BCUT2D eigenvalue weighted by Crippen LogP contribution is -2.38. The third kappa shape index (κ3) is 3.95. The third-order valence-electron chi connectivity index (χ3n) is 4.48. The Bertz CT molecular complexity index is 800. The lowest BCUT2D eigenvalue weighted by molar-refractivity contribution is 0.448. The molecule has 1 atom stereocenters. The zero-order valence-electron chi connectivity index (χ0n) is 15.4. The Kier molecular flexibility index (Phi) is 5.99. The van der Waals surface area contributed by atoms with Crippen molar-refractivity contribution in [3.63, 3.8) is 0 Å². The molecule has 0 amide bonds. The van der Waals surface area contributed by atoms with Gasteiger partial charge in [-0.1, -0.05) is 26.7 Å². The fraction of sp³-hybridized carbons (Fsp3) is 0.706. The van der Waals surface area contributed by atoms with Crippen LogP contribution in [0.5, 0.6) is 0 Å². The molecule has 0 saturated heterocycles. The standard InChI is InChI=1S/C17H29N5O2/c1-12(2)7-6-8-13(3)18-9-10-22-11-19-15-14(22)16(23)21(5)17(24)20(15)4/h11-13,18H,6-10H2,1-5H3. The van der Waals surface area contributed by atoms with Gasteiger partial charge < -0.3 is 9.88 Å². The van der Waals surface area contributed by atoms with Gasteiger partial charge in [0.05, 0.1) is 6.33 Å². The number of aryl methyl sites for hydroxylation is 1. The molecule has 2 aromatic rings. The molecule has 2 rings (SSSR count). The minimum absolute atomic E-state index is 0.296. The first-order valence-corrected chi connectivity index (χ1v) is 8.67. The number of rotatable bonds is 8. The minimum atomic E-state index is -0.352. The second-order valence-corrected chi connectivity index (χ2v) is 7.00. The number of hydrogen-bond acceptors (Lipinski definition) is 4. The van der Waals surface area contributed by atoms with E-state index in [0.717, 1.165) is 23.5 Å². The molecule has 24 heavy (non-hydrogen) atoms. The molecule has 0 saturated carbocycles. The molecule has 0 aliphatic carbocycles. The smallest absolute Gasteiger partial charge is 0.323 e. The van der Waals surface area contributed by atoms with Crippen LogP contribution in [0.3, 0.4) is 0 Å². The molecule has 7 heteroatoms. The second kappa shape index (κ2) is 7.79. The van der Waals surface area contributed by atoms with E-state index >= 15 is 0 Å². The summed E-state index contributed by atoms with van der Waals surface area (Å²) in [5, 5.41) is 3.49. The van der Waals surface area contributed by atoms with Crippen molar-refractivity contribution in [2.75, 3.05) is 6.54 Å². The van der Waals surface area contributed by atoms with Crippen molar-refractivity contribution in [1.29, 1.82) is 0 Å². The molecular formula is C17H29N5O2. The van der Waals surface area contributed by atoms with Gasteiger partial charge in [-0.25, -0.2) is 9.78 Å². The number of nitrogens with one attached hydrogen (secondary N) is 1. The van der Waals surface area contributed by atoms with Crippen LogP contribution in [0, 0.1) is 5.92 Å². The van der Waals surface area contributed by atoms with Gasteiger partial charge in [-0.15, -0.1) is 0 Å². The topological polar surface area (TPSA) is 73.8 Å². The zero-order valence-corrected chi connectivity index (χ0v) is 15.4. The summed E-state index contributed by atoms with van der Waals surface area (Å²) in [6.07, 6.45) is 5.26. The molecule has 2 heterocycles. The van der Waals surface area contributed by atoms with Gasteiger partial charge in [0.15, 0.2) is 11.2 Å². The Hall–Kier alpha value is -1.89. The molecule has 1 N–H and O–H groups in total. The summed E-state index contributed by atoms with van der Waals surface area (Å²) in [5.41, 5.74) is 0.271. The van der Waals surface area contributed by atoms with Gasteiger partial charge in [0, 0.05) is 33.2 Å². The summed E-state index contributed by atoms with van der Waals surface area (Å²) < 4.78 is 4.36. The average Bonchev–Trinajstić information content (AvgIpc) is 2.94. The molecule has 0 spiro atoms. The van der Waals surface area contributed by atoms with Gasteiger partial charge in [-0.2, -0.15) is 0 Å². The van der Waals surface area contributed by atoms with Crippen molar-refractivity contribution < 1.29 is 0 Å². The SMILES string of the molecule is CC(C)CCCC(C)NCCn1cnc2c1c(=O)n(C)c(=O)n2C. The Labute approximate surface area is 142 Å². The molecule has 0 aliphatic heterocycles. The summed E-state index contributed by atoms with van der Waals surface area (Å²) in [4.78, 5) is 28.5. The molecule has 0 aliphatic rings. The first-order chi connectivity index (χ1) is 11.3. The highest BCUT2D eigenvalue weighted by molar-refractivity contribution is 5.69. The molecule has 0 radical (unpaired) electrons. The minimum Gasteiger partial charge on any atom is -0.323 e. The fourth-order valence-electron chi connectivity index (χ4n) is 2.93. The van der Waals surface area contributed by atoms with Gasteiger partial charge in [-0.3, -0.25) is 13.9 Å². The normalized spacial score (nSPS) is 13.1. The summed E-state index contributed by atoms with van der Waals surface area (Å²) in [6.45, 7) is 8.10. The molecule has 0 bridgehead atoms. The van der Waals surface area contributed by atoms with Crippen molar-refractivity contribution in [2.24, 2.45) is 20.0 Å². The second-order valence-electron chi connectivity index (χ2n) is 7.00. The van der Waals surface area contributed by atoms with Crippen LogP contribution in [-0.4, -0.2) is 31.3 Å². The quantitative estimate of drug-likeness (QED) is 0.788. The zero-order chi connectivity index (χ0) is 17.9. The summed E-state index contributed by atoms with van der Waals surface area (Å²) in [5.74, 6) is 0.748. The summed E-state index contributed by atoms with van der Waals surface area (Å²) >= 11 is 0. The highest BCUT2D eigenvalue weighted by atomic mass is 16.2. The molecule has 7 nitrogen and oxygen atoms in total. The molecule has 0 aromatic carbocycles. The van der Waals surface area contributed by atoms with Crippen LogP contribution in [-0.2, 0) is 20.6 Å². The van der Waals surface area contributed by atoms with E-state index < -0.39 is 0 Å². The van der Waals surface area contributed by atoms with E-state index in [-0.39, 0.29) is 11.2 Å².